The van der Waals surface area contributed by atoms with E-state index >= 15 is 0 Å². The molecule has 0 N–H and O–H groups in total. The van der Waals surface area contributed by atoms with Gasteiger partial charge < -0.3 is 0 Å². The highest BCUT2D eigenvalue weighted by Gasteiger charge is 2.93. The molecular formula is C12H12Br2O. The van der Waals surface area contributed by atoms with Crippen molar-refractivity contribution in [2.45, 2.75) is 41.8 Å². The minimum atomic E-state index is -0.0848. The topological polar surface area (TPSA) is 17.1 Å². The lowest BCUT2D eigenvalue weighted by molar-refractivity contribution is -0.120. The average molecular weight is 332 g/mol. The Bertz CT molecular complexity index is 437. The molecule has 1 nitrogen and oxygen atoms in total. The smallest absolute Gasteiger partial charge is 0.168 e. The van der Waals surface area contributed by atoms with Crippen molar-refractivity contribution in [2.75, 3.05) is 0 Å². The van der Waals surface area contributed by atoms with E-state index in [9.17, 15) is 4.79 Å². The Morgan fingerprint density at radius 3 is 2.53 bits per heavy atom. The molecule has 2 atom stereocenters. The summed E-state index contributed by atoms with van der Waals surface area (Å²) < 4.78 is -0.0848. The van der Waals surface area contributed by atoms with E-state index < -0.39 is 0 Å². The van der Waals surface area contributed by atoms with Crippen molar-refractivity contribution in [1.82, 2.24) is 0 Å². The van der Waals surface area contributed by atoms with E-state index in [-0.39, 0.29) is 14.1 Å². The van der Waals surface area contributed by atoms with Gasteiger partial charge in [-0.05, 0) is 37.7 Å². The van der Waals surface area contributed by atoms with Gasteiger partial charge in [0, 0.05) is 5.41 Å². The van der Waals surface area contributed by atoms with E-state index in [4.69, 9.17) is 0 Å². The molecule has 2 saturated carbocycles. The van der Waals surface area contributed by atoms with Crippen LogP contribution in [-0.2, 0) is 4.79 Å². The second kappa shape index (κ2) is 2.31. The third kappa shape index (κ3) is 0.624. The third-order valence-corrected chi connectivity index (χ3v) is 7.94. The number of ketones is 1. The van der Waals surface area contributed by atoms with Crippen LogP contribution >= 0.6 is 31.9 Å². The van der Waals surface area contributed by atoms with Gasteiger partial charge in [0.15, 0.2) is 5.78 Å². The molecule has 4 rings (SSSR count). The van der Waals surface area contributed by atoms with Gasteiger partial charge in [-0.3, -0.25) is 4.79 Å². The third-order valence-electron chi connectivity index (χ3n) is 5.24. The van der Waals surface area contributed by atoms with Crippen LogP contribution in [0.2, 0.25) is 0 Å². The van der Waals surface area contributed by atoms with Crippen LogP contribution < -0.4 is 0 Å². The van der Waals surface area contributed by atoms with Gasteiger partial charge in [-0.1, -0.05) is 43.9 Å². The largest absolute Gasteiger partial charge is 0.294 e. The summed E-state index contributed by atoms with van der Waals surface area (Å²) in [6.45, 7) is 0. The number of rotatable bonds is 0. The van der Waals surface area contributed by atoms with Gasteiger partial charge in [0.1, 0.15) is 3.23 Å². The van der Waals surface area contributed by atoms with Crippen LogP contribution in [0.3, 0.4) is 0 Å². The molecule has 2 unspecified atom stereocenters. The van der Waals surface area contributed by atoms with Crippen molar-refractivity contribution in [2.24, 2.45) is 10.8 Å². The molecule has 0 aromatic heterocycles. The summed E-state index contributed by atoms with van der Waals surface area (Å²) in [5, 5.41) is 0. The van der Waals surface area contributed by atoms with Gasteiger partial charge in [0.2, 0.25) is 0 Å². The highest BCUT2D eigenvalue weighted by Crippen LogP contribution is 2.92. The number of hydrogen-bond acceptors (Lipinski definition) is 1. The highest BCUT2D eigenvalue weighted by molar-refractivity contribution is 9.25. The quantitative estimate of drug-likeness (QED) is 0.618. The van der Waals surface area contributed by atoms with Crippen molar-refractivity contribution < 1.29 is 4.79 Å². The standard InChI is InChI=1S/C12H12Br2O/c13-12(14)10-5-2-6-11(10,12)9(15)7-3-1-4-8(7)10/h1-6H2. The lowest BCUT2D eigenvalue weighted by Crippen LogP contribution is -2.21. The van der Waals surface area contributed by atoms with Crippen molar-refractivity contribution >= 4 is 37.6 Å². The van der Waals surface area contributed by atoms with E-state index in [2.05, 4.69) is 31.9 Å². The number of carbonyl (C=O) groups is 1. The maximum atomic E-state index is 12.5. The van der Waals surface area contributed by atoms with Crippen LogP contribution in [0.1, 0.15) is 38.5 Å². The molecule has 0 aliphatic heterocycles. The molecule has 0 aromatic carbocycles. The minimum absolute atomic E-state index is 0.0783. The average Bonchev–Trinajstić information content (AvgIpc) is 2.70. The first-order valence-electron chi connectivity index (χ1n) is 5.75. The number of alkyl halides is 2. The molecule has 4 aliphatic carbocycles. The Hall–Kier alpha value is 0.370. The Kier molecular flexibility index (Phi) is 1.45. The fraction of sp³-hybridized carbons (Fsp3) is 0.750. The van der Waals surface area contributed by atoms with Gasteiger partial charge in [0.25, 0.3) is 0 Å². The molecule has 4 aliphatic rings. The molecule has 0 aromatic rings. The summed E-state index contributed by atoms with van der Waals surface area (Å²) in [6, 6.07) is 0. The molecule has 15 heavy (non-hydrogen) atoms. The maximum Gasteiger partial charge on any atom is 0.168 e. The summed E-state index contributed by atoms with van der Waals surface area (Å²) in [7, 11) is 0. The molecule has 80 valence electrons. The van der Waals surface area contributed by atoms with E-state index in [1.54, 1.807) is 0 Å². The lowest BCUT2D eigenvalue weighted by Gasteiger charge is -2.20. The Balaban J connectivity index is 2.00. The molecular weight excluding hydrogens is 320 g/mol. The highest BCUT2D eigenvalue weighted by atomic mass is 79.9. The van der Waals surface area contributed by atoms with Crippen LogP contribution in [0.4, 0.5) is 0 Å². The van der Waals surface area contributed by atoms with Crippen LogP contribution in [0.15, 0.2) is 11.1 Å². The monoisotopic (exact) mass is 330 g/mol. The molecule has 0 amide bonds. The first-order chi connectivity index (χ1) is 7.09. The molecule has 0 radical (unpaired) electrons. The van der Waals surface area contributed by atoms with Crippen LogP contribution in [-0.4, -0.2) is 9.02 Å². The first-order valence-corrected chi connectivity index (χ1v) is 7.33. The predicted molar refractivity (Wildman–Crippen MR) is 65.2 cm³/mol. The molecule has 0 bridgehead atoms. The van der Waals surface area contributed by atoms with E-state index in [1.807, 2.05) is 0 Å². The van der Waals surface area contributed by atoms with Gasteiger partial charge in [0.05, 0.1) is 5.41 Å². The number of halogens is 2. The Labute approximate surface area is 106 Å². The summed E-state index contributed by atoms with van der Waals surface area (Å²) in [4.78, 5) is 12.5. The van der Waals surface area contributed by atoms with Crippen molar-refractivity contribution in [3.05, 3.63) is 11.1 Å². The normalized spacial score (nSPS) is 49.3. The predicted octanol–water partition coefficient (Wildman–Crippen LogP) is 3.71. The van der Waals surface area contributed by atoms with Gasteiger partial charge in [-0.15, -0.1) is 0 Å². The van der Waals surface area contributed by atoms with Gasteiger partial charge in [-0.25, -0.2) is 0 Å². The van der Waals surface area contributed by atoms with E-state index in [1.165, 1.54) is 36.8 Å². The SMILES string of the molecule is O=C1C2=C(CCC2)C23CCCC12C3(Br)Br. The molecule has 2 fully saturated rings. The first kappa shape index (κ1) is 9.41. The second-order valence-corrected chi connectivity index (χ2v) is 8.82. The molecule has 0 saturated heterocycles. The maximum absolute atomic E-state index is 12.5. The van der Waals surface area contributed by atoms with E-state index in [0.717, 1.165) is 12.8 Å². The summed E-state index contributed by atoms with van der Waals surface area (Å²) in [5.74, 6) is 0.473. The lowest BCUT2D eigenvalue weighted by atomic mass is 9.92. The van der Waals surface area contributed by atoms with Gasteiger partial charge >= 0.3 is 0 Å². The van der Waals surface area contributed by atoms with Gasteiger partial charge in [-0.2, -0.15) is 0 Å². The minimum Gasteiger partial charge on any atom is -0.294 e. The zero-order valence-corrected chi connectivity index (χ0v) is 11.6. The summed E-state index contributed by atoms with van der Waals surface area (Å²) >= 11 is 7.59. The van der Waals surface area contributed by atoms with Crippen molar-refractivity contribution in [3.63, 3.8) is 0 Å². The van der Waals surface area contributed by atoms with Crippen LogP contribution in [0, 0.1) is 10.8 Å². The summed E-state index contributed by atoms with van der Waals surface area (Å²) in [5.41, 5.74) is 2.83. The molecule has 0 heterocycles. The fourth-order valence-corrected chi connectivity index (χ4v) is 7.53. The van der Waals surface area contributed by atoms with Crippen LogP contribution in [0.25, 0.3) is 0 Å². The zero-order chi connectivity index (χ0) is 10.5. The number of allylic oxidation sites excluding steroid dienone is 2. The number of hydrogen-bond donors (Lipinski definition) is 0. The Morgan fingerprint density at radius 1 is 1.00 bits per heavy atom. The zero-order valence-electron chi connectivity index (χ0n) is 8.41. The van der Waals surface area contributed by atoms with Crippen molar-refractivity contribution in [3.8, 4) is 0 Å². The summed E-state index contributed by atoms with van der Waals surface area (Å²) in [6.07, 6.45) is 6.92. The number of carbonyl (C=O) groups excluding carboxylic acids is 1. The second-order valence-electron chi connectivity index (χ2n) is 5.38. The Morgan fingerprint density at radius 2 is 1.73 bits per heavy atom. The van der Waals surface area contributed by atoms with E-state index in [0.29, 0.717) is 5.78 Å². The fourth-order valence-electron chi connectivity index (χ4n) is 4.74. The molecule has 0 spiro atoms. The number of Topliss-reactive ketones (excluding diaryl/α,β-unsaturated/α-hetero) is 1. The van der Waals surface area contributed by atoms with Crippen LogP contribution in [0.5, 0.6) is 0 Å². The van der Waals surface area contributed by atoms with Crippen molar-refractivity contribution in [1.29, 1.82) is 0 Å². The molecule has 3 heteroatoms.